The molecule has 110 valence electrons. The molecule has 3 nitrogen and oxygen atoms in total. The Morgan fingerprint density at radius 1 is 1.27 bits per heavy atom. The summed E-state index contributed by atoms with van der Waals surface area (Å²) in [6.45, 7) is 0.861. The SMILES string of the molecule is CC(F)(F)c1ccc(-c2cc(N)c(C#N)c3scnc23)cc1. The van der Waals surface area contributed by atoms with E-state index in [9.17, 15) is 14.0 Å². The van der Waals surface area contributed by atoms with Crippen LogP contribution in [0, 0.1) is 11.3 Å². The third-order valence-electron chi connectivity index (χ3n) is 3.45. The molecule has 0 atom stereocenters. The maximum absolute atomic E-state index is 13.3. The van der Waals surface area contributed by atoms with E-state index in [2.05, 4.69) is 11.1 Å². The Morgan fingerprint density at radius 3 is 2.55 bits per heavy atom. The summed E-state index contributed by atoms with van der Waals surface area (Å²) in [5, 5.41) is 9.19. The second-order valence-corrected chi connectivity index (χ2v) is 5.85. The molecule has 22 heavy (non-hydrogen) atoms. The first-order valence-corrected chi connectivity index (χ1v) is 7.34. The van der Waals surface area contributed by atoms with Crippen molar-refractivity contribution in [1.29, 1.82) is 5.26 Å². The van der Waals surface area contributed by atoms with E-state index >= 15 is 0 Å². The van der Waals surface area contributed by atoms with Gasteiger partial charge < -0.3 is 5.73 Å². The molecule has 0 aliphatic carbocycles. The zero-order valence-electron chi connectivity index (χ0n) is 11.6. The first kappa shape index (κ1) is 14.4. The Morgan fingerprint density at radius 2 is 1.95 bits per heavy atom. The summed E-state index contributed by atoms with van der Waals surface area (Å²) in [5.41, 5.74) is 10.4. The minimum atomic E-state index is -2.88. The van der Waals surface area contributed by atoms with Crippen LogP contribution in [0.1, 0.15) is 18.1 Å². The van der Waals surface area contributed by atoms with Gasteiger partial charge >= 0.3 is 0 Å². The van der Waals surface area contributed by atoms with Crippen LogP contribution in [0.5, 0.6) is 0 Å². The molecule has 0 aliphatic rings. The number of fused-ring (bicyclic) bond motifs is 1. The van der Waals surface area contributed by atoms with Crippen molar-refractivity contribution in [2.75, 3.05) is 5.73 Å². The van der Waals surface area contributed by atoms with E-state index in [1.807, 2.05) is 0 Å². The average Bonchev–Trinajstić information content (AvgIpc) is 2.95. The molecule has 2 aromatic carbocycles. The van der Waals surface area contributed by atoms with Gasteiger partial charge in [-0.25, -0.2) is 13.8 Å². The van der Waals surface area contributed by atoms with Crippen molar-refractivity contribution >= 4 is 27.2 Å². The smallest absolute Gasteiger partial charge is 0.270 e. The van der Waals surface area contributed by atoms with E-state index in [4.69, 9.17) is 5.73 Å². The molecule has 6 heteroatoms. The number of alkyl halides is 2. The lowest BCUT2D eigenvalue weighted by atomic mass is 9.99. The third kappa shape index (κ3) is 2.30. The topological polar surface area (TPSA) is 62.7 Å². The van der Waals surface area contributed by atoms with E-state index in [0.29, 0.717) is 21.5 Å². The van der Waals surface area contributed by atoms with Crippen molar-refractivity contribution in [2.24, 2.45) is 0 Å². The van der Waals surface area contributed by atoms with Gasteiger partial charge in [-0.1, -0.05) is 24.3 Å². The van der Waals surface area contributed by atoms with Gasteiger partial charge in [0.05, 0.1) is 27.0 Å². The van der Waals surface area contributed by atoms with Crippen LogP contribution >= 0.6 is 11.3 Å². The third-order valence-corrected chi connectivity index (χ3v) is 4.30. The molecule has 3 aromatic rings. The van der Waals surface area contributed by atoms with Crippen LogP contribution in [0.25, 0.3) is 21.3 Å². The number of aromatic nitrogens is 1. The maximum Gasteiger partial charge on any atom is 0.270 e. The van der Waals surface area contributed by atoms with Crippen molar-refractivity contribution in [3.8, 4) is 17.2 Å². The second kappa shape index (κ2) is 5.04. The standard InChI is InChI=1S/C16H11F2N3S/c1-16(17,18)10-4-2-9(3-5-10)11-6-13(20)12(7-19)15-14(11)21-8-22-15/h2-6,8H,20H2,1H3. The molecule has 0 unspecified atom stereocenters. The lowest BCUT2D eigenvalue weighted by Crippen LogP contribution is -2.06. The van der Waals surface area contributed by atoms with E-state index in [1.165, 1.54) is 23.5 Å². The summed E-state index contributed by atoms with van der Waals surface area (Å²) < 4.78 is 27.3. The van der Waals surface area contributed by atoms with Gasteiger partial charge in [-0.15, -0.1) is 11.3 Å². The number of nitrogens with zero attached hydrogens (tertiary/aromatic N) is 2. The summed E-state index contributed by atoms with van der Waals surface area (Å²) in [6, 6.07) is 9.76. The first-order valence-electron chi connectivity index (χ1n) is 6.46. The molecule has 2 N–H and O–H groups in total. The molecule has 0 saturated heterocycles. The van der Waals surface area contributed by atoms with Gasteiger partial charge in [0, 0.05) is 18.1 Å². The van der Waals surface area contributed by atoms with Gasteiger partial charge in [-0.3, -0.25) is 0 Å². The minimum Gasteiger partial charge on any atom is -0.398 e. The molecule has 0 saturated carbocycles. The number of rotatable bonds is 2. The number of benzene rings is 2. The fourth-order valence-electron chi connectivity index (χ4n) is 2.32. The molecule has 1 heterocycles. The summed E-state index contributed by atoms with van der Waals surface area (Å²) in [6.07, 6.45) is 0. The van der Waals surface area contributed by atoms with Gasteiger partial charge in [0.1, 0.15) is 6.07 Å². The molecule has 0 fully saturated rings. The van der Waals surface area contributed by atoms with E-state index in [0.717, 1.165) is 18.1 Å². The Kier molecular flexibility index (Phi) is 3.30. The quantitative estimate of drug-likeness (QED) is 0.707. The Labute approximate surface area is 129 Å². The molecular formula is C16H11F2N3S. The largest absolute Gasteiger partial charge is 0.398 e. The molecule has 3 rings (SSSR count). The number of nitrogen functional groups attached to an aromatic ring is 1. The number of hydrogen-bond donors (Lipinski definition) is 1. The lowest BCUT2D eigenvalue weighted by Gasteiger charge is -2.12. The van der Waals surface area contributed by atoms with Crippen molar-refractivity contribution in [3.05, 3.63) is 47.0 Å². The van der Waals surface area contributed by atoms with Crippen LogP contribution < -0.4 is 5.73 Å². The van der Waals surface area contributed by atoms with Crippen LogP contribution in [0.4, 0.5) is 14.5 Å². The van der Waals surface area contributed by atoms with Gasteiger partial charge in [-0.05, 0) is 11.6 Å². The Hall–Kier alpha value is -2.52. The molecule has 0 radical (unpaired) electrons. The zero-order valence-corrected chi connectivity index (χ0v) is 12.4. The molecule has 1 aromatic heterocycles. The fraction of sp³-hybridized carbons (Fsp3) is 0.125. The molecule has 0 bridgehead atoms. The fourth-order valence-corrected chi connectivity index (χ4v) is 3.14. The van der Waals surface area contributed by atoms with E-state index < -0.39 is 5.92 Å². The van der Waals surface area contributed by atoms with Crippen molar-refractivity contribution < 1.29 is 8.78 Å². The van der Waals surface area contributed by atoms with Crippen LogP contribution in [0.2, 0.25) is 0 Å². The predicted octanol–water partition coefficient (Wildman–Crippen LogP) is 4.53. The molecule has 0 amide bonds. The molecule has 0 spiro atoms. The highest BCUT2D eigenvalue weighted by atomic mass is 32.1. The van der Waals surface area contributed by atoms with Crippen molar-refractivity contribution in [1.82, 2.24) is 4.98 Å². The first-order chi connectivity index (χ1) is 10.4. The minimum absolute atomic E-state index is 0.0487. The highest BCUT2D eigenvalue weighted by molar-refractivity contribution is 7.17. The summed E-state index contributed by atoms with van der Waals surface area (Å²) in [5.74, 6) is -2.88. The zero-order chi connectivity index (χ0) is 15.9. The number of halogens is 2. The second-order valence-electron chi connectivity index (χ2n) is 5.00. The van der Waals surface area contributed by atoms with Crippen molar-refractivity contribution in [3.63, 3.8) is 0 Å². The van der Waals surface area contributed by atoms with Crippen molar-refractivity contribution in [2.45, 2.75) is 12.8 Å². The Balaban J connectivity index is 2.19. The van der Waals surface area contributed by atoms with Crippen LogP contribution in [0.3, 0.4) is 0 Å². The van der Waals surface area contributed by atoms with Crippen LogP contribution in [0.15, 0.2) is 35.8 Å². The number of anilines is 1. The number of nitrogens with two attached hydrogens (primary N) is 1. The van der Waals surface area contributed by atoms with Gasteiger partial charge in [0.15, 0.2) is 0 Å². The van der Waals surface area contributed by atoms with Gasteiger partial charge in [0.2, 0.25) is 0 Å². The average molecular weight is 315 g/mol. The number of thiazole rings is 1. The van der Waals surface area contributed by atoms with E-state index in [1.54, 1.807) is 23.7 Å². The van der Waals surface area contributed by atoms with Gasteiger partial charge in [0.25, 0.3) is 5.92 Å². The Bertz CT molecular complexity index is 887. The molecular weight excluding hydrogens is 304 g/mol. The predicted molar refractivity (Wildman–Crippen MR) is 83.8 cm³/mol. The summed E-state index contributed by atoms with van der Waals surface area (Å²) in [4.78, 5) is 4.28. The van der Waals surface area contributed by atoms with E-state index in [-0.39, 0.29) is 5.56 Å². The lowest BCUT2D eigenvalue weighted by molar-refractivity contribution is 0.0175. The number of hydrogen-bond acceptors (Lipinski definition) is 4. The monoisotopic (exact) mass is 315 g/mol. The van der Waals surface area contributed by atoms with Crippen LogP contribution in [-0.4, -0.2) is 4.98 Å². The molecule has 0 aliphatic heterocycles. The highest BCUT2D eigenvalue weighted by Crippen LogP contribution is 2.36. The van der Waals surface area contributed by atoms with Gasteiger partial charge in [-0.2, -0.15) is 5.26 Å². The summed E-state index contributed by atoms with van der Waals surface area (Å²) in [7, 11) is 0. The maximum atomic E-state index is 13.3. The highest BCUT2D eigenvalue weighted by Gasteiger charge is 2.24. The number of nitriles is 1. The normalized spacial score (nSPS) is 11.5. The van der Waals surface area contributed by atoms with Crippen LogP contribution in [-0.2, 0) is 5.92 Å². The summed E-state index contributed by atoms with van der Waals surface area (Å²) >= 11 is 1.34.